The van der Waals surface area contributed by atoms with E-state index < -0.39 is 11.7 Å². The molecule has 1 aromatic heterocycles. The third-order valence-electron chi connectivity index (χ3n) is 2.29. The molecule has 0 spiro atoms. The van der Waals surface area contributed by atoms with E-state index in [4.69, 9.17) is 4.74 Å². The summed E-state index contributed by atoms with van der Waals surface area (Å²) in [7, 11) is 0. The van der Waals surface area contributed by atoms with E-state index in [0.29, 0.717) is 19.6 Å². The Hall–Kier alpha value is -1.72. The summed E-state index contributed by atoms with van der Waals surface area (Å²) in [5, 5.41) is 2.75. The molecule has 106 valence electrons. The molecule has 0 aromatic carbocycles. The van der Waals surface area contributed by atoms with Crippen molar-refractivity contribution >= 4 is 5.82 Å². The Morgan fingerprint density at radius 3 is 2.74 bits per heavy atom. The van der Waals surface area contributed by atoms with E-state index in [9.17, 15) is 13.2 Å². The summed E-state index contributed by atoms with van der Waals surface area (Å²) in [6.45, 7) is 6.15. The number of aromatic nitrogens is 1. The number of hydrogen-bond acceptors (Lipinski definition) is 3. The van der Waals surface area contributed by atoms with E-state index in [1.165, 1.54) is 0 Å². The molecule has 0 aliphatic rings. The quantitative estimate of drug-likeness (QED) is 0.605. The van der Waals surface area contributed by atoms with Gasteiger partial charge in [0.25, 0.3) is 0 Å². The fraction of sp³-hybridized carbons (Fsp3) is 0.462. The van der Waals surface area contributed by atoms with E-state index in [1.54, 1.807) is 13.0 Å². The van der Waals surface area contributed by atoms with Crippen LogP contribution in [0.4, 0.5) is 19.0 Å². The van der Waals surface area contributed by atoms with E-state index in [1.807, 2.05) is 0 Å². The van der Waals surface area contributed by atoms with E-state index >= 15 is 0 Å². The van der Waals surface area contributed by atoms with Gasteiger partial charge in [-0.3, -0.25) is 0 Å². The zero-order valence-corrected chi connectivity index (χ0v) is 10.8. The second-order valence-electron chi connectivity index (χ2n) is 3.89. The Balaban J connectivity index is 2.83. The minimum Gasteiger partial charge on any atom is -0.478 e. The van der Waals surface area contributed by atoms with Crippen molar-refractivity contribution in [1.29, 1.82) is 0 Å². The third-order valence-corrected chi connectivity index (χ3v) is 2.29. The highest BCUT2D eigenvalue weighted by Gasteiger charge is 2.31. The van der Waals surface area contributed by atoms with Crippen LogP contribution in [0.15, 0.2) is 24.8 Å². The van der Waals surface area contributed by atoms with Gasteiger partial charge in [0.1, 0.15) is 5.82 Å². The van der Waals surface area contributed by atoms with Gasteiger partial charge in [0.2, 0.25) is 5.88 Å². The molecule has 0 aliphatic carbocycles. The van der Waals surface area contributed by atoms with Crippen molar-refractivity contribution in [2.24, 2.45) is 0 Å². The molecule has 0 atom stereocenters. The molecule has 6 heteroatoms. The first-order valence-corrected chi connectivity index (χ1v) is 6.04. The van der Waals surface area contributed by atoms with Crippen LogP contribution in [0.1, 0.15) is 25.3 Å². The minimum absolute atomic E-state index is 0.0187. The summed E-state index contributed by atoms with van der Waals surface area (Å²) in [5.41, 5.74) is -0.767. The standard InChI is InChI=1S/C13H17F3N2O/c1-3-5-6-7-19-12-9-10(13(14,15)16)8-11(18-12)17-4-2/h3,8-9H,1,4-7H2,2H3,(H,17,18). The maximum Gasteiger partial charge on any atom is 0.416 e. The van der Waals surface area contributed by atoms with Crippen molar-refractivity contribution in [3.05, 3.63) is 30.4 Å². The van der Waals surface area contributed by atoms with E-state index in [-0.39, 0.29) is 11.7 Å². The van der Waals surface area contributed by atoms with Gasteiger partial charge in [-0.05, 0) is 25.8 Å². The molecule has 1 rings (SSSR count). The van der Waals surface area contributed by atoms with Crippen LogP contribution in [0.25, 0.3) is 0 Å². The number of alkyl halides is 3. The fourth-order valence-corrected chi connectivity index (χ4v) is 1.42. The lowest BCUT2D eigenvalue weighted by Gasteiger charge is -2.12. The highest BCUT2D eigenvalue weighted by atomic mass is 19.4. The molecule has 3 nitrogen and oxygen atoms in total. The summed E-state index contributed by atoms with van der Waals surface area (Å²) in [4.78, 5) is 3.98. The second kappa shape index (κ2) is 7.01. The number of pyridine rings is 1. The Morgan fingerprint density at radius 1 is 1.42 bits per heavy atom. The van der Waals surface area contributed by atoms with Crippen molar-refractivity contribution in [3.63, 3.8) is 0 Å². The normalized spacial score (nSPS) is 11.2. The number of nitrogens with one attached hydrogen (secondary N) is 1. The van der Waals surface area contributed by atoms with Gasteiger partial charge in [0.15, 0.2) is 0 Å². The Morgan fingerprint density at radius 2 is 2.16 bits per heavy atom. The highest BCUT2D eigenvalue weighted by Crippen LogP contribution is 2.32. The smallest absolute Gasteiger partial charge is 0.416 e. The van der Waals surface area contributed by atoms with Crippen LogP contribution in [0.3, 0.4) is 0 Å². The summed E-state index contributed by atoms with van der Waals surface area (Å²) in [6, 6.07) is 1.88. The average Bonchev–Trinajstić information content (AvgIpc) is 2.34. The lowest BCUT2D eigenvalue weighted by atomic mass is 10.2. The summed E-state index contributed by atoms with van der Waals surface area (Å²) < 4.78 is 43.4. The first-order valence-electron chi connectivity index (χ1n) is 6.04. The topological polar surface area (TPSA) is 34.1 Å². The van der Waals surface area contributed by atoms with Gasteiger partial charge < -0.3 is 10.1 Å². The number of halogens is 3. The Bertz CT molecular complexity index is 419. The monoisotopic (exact) mass is 274 g/mol. The maximum absolute atomic E-state index is 12.7. The van der Waals surface area contributed by atoms with Crippen LogP contribution in [-0.2, 0) is 6.18 Å². The number of nitrogens with zero attached hydrogens (tertiary/aromatic N) is 1. The number of hydrogen-bond donors (Lipinski definition) is 1. The zero-order valence-electron chi connectivity index (χ0n) is 10.8. The largest absolute Gasteiger partial charge is 0.478 e. The molecular weight excluding hydrogens is 257 g/mol. The number of anilines is 1. The number of rotatable bonds is 7. The molecule has 1 heterocycles. The van der Waals surface area contributed by atoms with Gasteiger partial charge in [0, 0.05) is 12.6 Å². The van der Waals surface area contributed by atoms with Crippen molar-refractivity contribution in [1.82, 2.24) is 4.98 Å². The van der Waals surface area contributed by atoms with Gasteiger partial charge in [-0.2, -0.15) is 18.2 Å². The molecule has 1 N–H and O–H groups in total. The highest BCUT2D eigenvalue weighted by molar-refractivity contribution is 5.42. The lowest BCUT2D eigenvalue weighted by Crippen LogP contribution is -2.10. The summed E-state index contributed by atoms with van der Waals surface area (Å²) in [6.07, 6.45) is -1.24. The van der Waals surface area contributed by atoms with E-state index in [0.717, 1.165) is 18.6 Å². The second-order valence-corrected chi connectivity index (χ2v) is 3.89. The molecule has 0 radical (unpaired) electrons. The number of unbranched alkanes of at least 4 members (excludes halogenated alkanes) is 1. The average molecular weight is 274 g/mol. The van der Waals surface area contributed by atoms with Gasteiger partial charge >= 0.3 is 6.18 Å². The third kappa shape index (κ3) is 5.19. The fourth-order valence-electron chi connectivity index (χ4n) is 1.42. The van der Waals surface area contributed by atoms with Crippen molar-refractivity contribution < 1.29 is 17.9 Å². The molecule has 0 unspecified atom stereocenters. The Kier molecular flexibility index (Phi) is 5.66. The van der Waals surface area contributed by atoms with Crippen LogP contribution in [0.2, 0.25) is 0 Å². The molecule has 19 heavy (non-hydrogen) atoms. The van der Waals surface area contributed by atoms with Crippen LogP contribution < -0.4 is 10.1 Å². The number of allylic oxidation sites excluding steroid dienone is 1. The van der Waals surface area contributed by atoms with Gasteiger partial charge in [-0.25, -0.2) is 0 Å². The van der Waals surface area contributed by atoms with Crippen LogP contribution in [0.5, 0.6) is 5.88 Å². The minimum atomic E-state index is -4.41. The van der Waals surface area contributed by atoms with E-state index in [2.05, 4.69) is 16.9 Å². The van der Waals surface area contributed by atoms with Crippen molar-refractivity contribution in [2.75, 3.05) is 18.5 Å². The van der Waals surface area contributed by atoms with Crippen LogP contribution in [0, 0.1) is 0 Å². The molecule has 0 saturated carbocycles. The maximum atomic E-state index is 12.7. The molecule has 0 fully saturated rings. The van der Waals surface area contributed by atoms with Crippen molar-refractivity contribution in [2.45, 2.75) is 25.9 Å². The van der Waals surface area contributed by atoms with Crippen LogP contribution in [-0.4, -0.2) is 18.1 Å². The van der Waals surface area contributed by atoms with Crippen molar-refractivity contribution in [3.8, 4) is 5.88 Å². The molecular formula is C13H17F3N2O. The molecule has 0 aliphatic heterocycles. The first-order chi connectivity index (χ1) is 8.97. The Labute approximate surface area is 110 Å². The lowest BCUT2D eigenvalue weighted by molar-refractivity contribution is -0.137. The summed E-state index contributed by atoms with van der Waals surface area (Å²) in [5.74, 6) is 0.144. The summed E-state index contributed by atoms with van der Waals surface area (Å²) >= 11 is 0. The van der Waals surface area contributed by atoms with Gasteiger partial charge in [-0.15, -0.1) is 6.58 Å². The molecule has 0 saturated heterocycles. The van der Waals surface area contributed by atoms with Crippen LogP contribution >= 0.6 is 0 Å². The molecule has 0 amide bonds. The predicted octanol–water partition coefficient (Wildman–Crippen LogP) is 3.88. The molecule has 1 aromatic rings. The van der Waals surface area contributed by atoms with Gasteiger partial charge in [-0.1, -0.05) is 6.08 Å². The number of ether oxygens (including phenoxy) is 1. The predicted molar refractivity (Wildman–Crippen MR) is 68.3 cm³/mol. The SMILES string of the molecule is C=CCCCOc1cc(C(F)(F)F)cc(NCC)n1. The molecule has 0 bridgehead atoms. The van der Waals surface area contributed by atoms with Gasteiger partial charge in [0.05, 0.1) is 12.2 Å². The zero-order chi connectivity index (χ0) is 14.3. The first kappa shape index (κ1) is 15.3.